The Hall–Kier alpha value is -2.04. The van der Waals surface area contributed by atoms with Crippen LogP contribution in [0.4, 0.5) is 10.5 Å². The monoisotopic (exact) mass is 290 g/mol. The normalized spacial score (nSPS) is 13.9. The second kappa shape index (κ2) is 6.16. The van der Waals surface area contributed by atoms with E-state index in [1.165, 1.54) is 0 Å². The number of nitrogens with zero attached hydrogens (tertiary/aromatic N) is 1. The molecule has 1 N–H and O–H groups in total. The van der Waals surface area contributed by atoms with E-state index in [0.29, 0.717) is 18.6 Å². The molecule has 0 aliphatic carbocycles. The summed E-state index contributed by atoms with van der Waals surface area (Å²) in [5, 5.41) is 2.81. The third kappa shape index (κ3) is 3.54. The number of hydrogen-bond donors (Lipinski definition) is 1. The van der Waals surface area contributed by atoms with Crippen LogP contribution in [0, 0.1) is 0 Å². The van der Waals surface area contributed by atoms with Gasteiger partial charge in [0.15, 0.2) is 0 Å². The van der Waals surface area contributed by atoms with Crippen LogP contribution in [0.2, 0.25) is 0 Å². The molecule has 2 amide bonds. The van der Waals surface area contributed by atoms with Crippen molar-refractivity contribution in [2.75, 3.05) is 5.32 Å². The van der Waals surface area contributed by atoms with E-state index in [-0.39, 0.29) is 24.1 Å². The third-order valence-electron chi connectivity index (χ3n) is 3.50. The molecule has 1 aliphatic rings. The fraction of sp³-hybridized carbons (Fsp3) is 0.500. The molecule has 1 aromatic carbocycles. The van der Waals surface area contributed by atoms with Crippen molar-refractivity contribution in [1.82, 2.24) is 4.90 Å². The number of carbonyl (C=O) groups is 2. The molecule has 0 saturated heterocycles. The Bertz CT molecular complexity index is 544. The molecule has 0 bridgehead atoms. The van der Waals surface area contributed by atoms with Gasteiger partial charge in [0, 0.05) is 24.2 Å². The predicted octanol–water partition coefficient (Wildman–Crippen LogP) is 3.19. The Balaban J connectivity index is 2.13. The molecule has 5 nitrogen and oxygen atoms in total. The van der Waals surface area contributed by atoms with Gasteiger partial charge in [-0.15, -0.1) is 0 Å². The van der Waals surface area contributed by atoms with E-state index in [0.717, 1.165) is 11.3 Å². The lowest BCUT2D eigenvalue weighted by Gasteiger charge is -2.29. The quantitative estimate of drug-likeness (QED) is 0.930. The van der Waals surface area contributed by atoms with Crippen molar-refractivity contribution in [3.63, 3.8) is 0 Å². The zero-order chi connectivity index (χ0) is 15.6. The average Bonchev–Trinajstić information content (AvgIpc) is 2.38. The highest BCUT2D eigenvalue weighted by atomic mass is 16.6. The van der Waals surface area contributed by atoms with Gasteiger partial charge < -0.3 is 15.0 Å². The highest BCUT2D eigenvalue weighted by Crippen LogP contribution is 2.27. The molecule has 0 unspecified atom stereocenters. The van der Waals surface area contributed by atoms with Crippen LogP contribution in [-0.4, -0.2) is 29.0 Å². The van der Waals surface area contributed by atoms with Gasteiger partial charge in [-0.3, -0.25) is 4.79 Å². The fourth-order valence-corrected chi connectivity index (χ4v) is 2.59. The van der Waals surface area contributed by atoms with Crippen molar-refractivity contribution in [2.24, 2.45) is 0 Å². The number of amides is 2. The summed E-state index contributed by atoms with van der Waals surface area (Å²) in [7, 11) is 0. The molecule has 5 heteroatoms. The smallest absolute Gasteiger partial charge is 0.410 e. The highest BCUT2D eigenvalue weighted by Gasteiger charge is 2.23. The standard InChI is InChI=1S/C16H22N2O3/c1-10(2)18(11(3)4)16(20)21-13-6-7-14-12(9-13)5-8-15(19)17-14/h6-7,9-11H,5,8H2,1-4H3,(H,17,19). The molecule has 21 heavy (non-hydrogen) atoms. The van der Waals surface area contributed by atoms with E-state index in [9.17, 15) is 9.59 Å². The molecular formula is C16H22N2O3. The number of benzene rings is 1. The molecule has 2 rings (SSSR count). The molecule has 0 aromatic heterocycles. The minimum Gasteiger partial charge on any atom is -0.410 e. The molecule has 0 atom stereocenters. The van der Waals surface area contributed by atoms with Gasteiger partial charge >= 0.3 is 6.09 Å². The molecular weight excluding hydrogens is 268 g/mol. The van der Waals surface area contributed by atoms with Crippen molar-refractivity contribution >= 4 is 17.7 Å². The molecule has 114 valence electrons. The molecule has 1 heterocycles. The Morgan fingerprint density at radius 2 is 1.86 bits per heavy atom. The van der Waals surface area contributed by atoms with Crippen molar-refractivity contribution in [1.29, 1.82) is 0 Å². The zero-order valence-corrected chi connectivity index (χ0v) is 13.0. The Kier molecular flexibility index (Phi) is 4.50. The first-order valence-corrected chi connectivity index (χ1v) is 7.31. The molecule has 0 radical (unpaired) electrons. The van der Waals surface area contributed by atoms with E-state index < -0.39 is 0 Å². The average molecular weight is 290 g/mol. The first-order chi connectivity index (χ1) is 9.88. The maximum Gasteiger partial charge on any atom is 0.415 e. The fourth-order valence-electron chi connectivity index (χ4n) is 2.59. The van der Waals surface area contributed by atoms with Crippen LogP contribution in [0.1, 0.15) is 39.7 Å². The SMILES string of the molecule is CC(C)N(C(=O)Oc1ccc2c(c1)CCC(=O)N2)C(C)C. The van der Waals surface area contributed by atoms with Crippen LogP contribution in [0.5, 0.6) is 5.75 Å². The van der Waals surface area contributed by atoms with E-state index in [1.54, 1.807) is 17.0 Å². The topological polar surface area (TPSA) is 58.6 Å². The van der Waals surface area contributed by atoms with Gasteiger partial charge in [-0.2, -0.15) is 0 Å². The van der Waals surface area contributed by atoms with Crippen LogP contribution in [0.25, 0.3) is 0 Å². The van der Waals surface area contributed by atoms with Crippen LogP contribution >= 0.6 is 0 Å². The van der Waals surface area contributed by atoms with E-state index in [1.807, 2.05) is 33.8 Å². The summed E-state index contributed by atoms with van der Waals surface area (Å²) in [4.78, 5) is 25.3. The number of fused-ring (bicyclic) bond motifs is 1. The third-order valence-corrected chi connectivity index (χ3v) is 3.50. The zero-order valence-electron chi connectivity index (χ0n) is 13.0. The first-order valence-electron chi connectivity index (χ1n) is 7.31. The molecule has 0 fully saturated rings. The minimum atomic E-state index is -0.347. The summed E-state index contributed by atoms with van der Waals surface area (Å²) in [6.45, 7) is 7.85. The van der Waals surface area contributed by atoms with Crippen LogP contribution in [0.15, 0.2) is 18.2 Å². The predicted molar refractivity (Wildman–Crippen MR) is 81.5 cm³/mol. The summed E-state index contributed by atoms with van der Waals surface area (Å²) in [6.07, 6.45) is 0.791. The minimum absolute atomic E-state index is 0.0260. The Labute approximate surface area is 125 Å². The van der Waals surface area contributed by atoms with Crippen LogP contribution < -0.4 is 10.1 Å². The summed E-state index contributed by atoms with van der Waals surface area (Å²) in [5.74, 6) is 0.541. The maximum atomic E-state index is 12.2. The lowest BCUT2D eigenvalue weighted by atomic mass is 10.0. The Morgan fingerprint density at radius 1 is 1.19 bits per heavy atom. The summed E-state index contributed by atoms with van der Waals surface area (Å²) in [6, 6.07) is 5.47. The number of nitrogens with one attached hydrogen (secondary N) is 1. The summed E-state index contributed by atoms with van der Waals surface area (Å²) < 4.78 is 5.47. The van der Waals surface area contributed by atoms with Crippen molar-refractivity contribution in [3.05, 3.63) is 23.8 Å². The van der Waals surface area contributed by atoms with Gasteiger partial charge in [-0.05, 0) is 57.9 Å². The number of aryl methyl sites for hydroxylation is 1. The summed E-state index contributed by atoms with van der Waals surface area (Å²) >= 11 is 0. The molecule has 0 spiro atoms. The molecule has 1 aromatic rings. The van der Waals surface area contributed by atoms with Crippen molar-refractivity contribution in [2.45, 2.75) is 52.6 Å². The lowest BCUT2D eigenvalue weighted by molar-refractivity contribution is -0.116. The second-order valence-electron chi connectivity index (χ2n) is 5.83. The second-order valence-corrected chi connectivity index (χ2v) is 5.83. The van der Waals surface area contributed by atoms with Gasteiger partial charge in [0.2, 0.25) is 5.91 Å². The van der Waals surface area contributed by atoms with E-state index >= 15 is 0 Å². The Morgan fingerprint density at radius 3 is 2.48 bits per heavy atom. The van der Waals surface area contributed by atoms with Crippen LogP contribution in [0.3, 0.4) is 0 Å². The molecule has 0 saturated carbocycles. The number of carbonyl (C=O) groups excluding carboxylic acids is 2. The highest BCUT2D eigenvalue weighted by molar-refractivity contribution is 5.94. The van der Waals surface area contributed by atoms with E-state index in [2.05, 4.69) is 5.32 Å². The van der Waals surface area contributed by atoms with Crippen LogP contribution in [-0.2, 0) is 11.2 Å². The van der Waals surface area contributed by atoms with Gasteiger partial charge in [-0.1, -0.05) is 0 Å². The van der Waals surface area contributed by atoms with Crippen molar-refractivity contribution < 1.29 is 14.3 Å². The summed E-state index contributed by atoms with van der Waals surface area (Å²) in [5.41, 5.74) is 1.80. The molecule has 1 aliphatic heterocycles. The maximum absolute atomic E-state index is 12.2. The first kappa shape index (κ1) is 15.4. The number of rotatable bonds is 3. The van der Waals surface area contributed by atoms with E-state index in [4.69, 9.17) is 4.74 Å². The number of anilines is 1. The van der Waals surface area contributed by atoms with Crippen molar-refractivity contribution in [3.8, 4) is 5.75 Å². The lowest BCUT2D eigenvalue weighted by Crippen LogP contribution is -2.43. The van der Waals surface area contributed by atoms with Gasteiger partial charge in [0.25, 0.3) is 0 Å². The van der Waals surface area contributed by atoms with Gasteiger partial charge in [0.1, 0.15) is 5.75 Å². The largest absolute Gasteiger partial charge is 0.415 e. The number of hydrogen-bond acceptors (Lipinski definition) is 3. The van der Waals surface area contributed by atoms with Gasteiger partial charge in [0.05, 0.1) is 0 Å². The number of ether oxygens (including phenoxy) is 1. The van der Waals surface area contributed by atoms with Gasteiger partial charge in [-0.25, -0.2) is 4.79 Å².